The smallest absolute Gasteiger partial charge is 0.546 e. The zero-order valence-electron chi connectivity index (χ0n) is 54.4. The van der Waals surface area contributed by atoms with Gasteiger partial charge in [-0.1, -0.05) is 236 Å². The third-order valence-electron chi connectivity index (χ3n) is 17.8. The van der Waals surface area contributed by atoms with Crippen molar-refractivity contribution in [3.05, 3.63) is 141 Å². The van der Waals surface area contributed by atoms with Gasteiger partial charge < -0.3 is 3.79 Å². The molecule has 0 spiro atoms. The van der Waals surface area contributed by atoms with Crippen LogP contribution in [-0.2, 0) is 0 Å². The number of rotatable bonds is 43. The number of quaternary nitrogens is 1. The Morgan fingerprint density at radius 2 is 0.489 bits per heavy atom. The minimum absolute atomic E-state index is 0.165. The Labute approximate surface area is 545 Å². The van der Waals surface area contributed by atoms with Crippen LogP contribution in [0.15, 0.2) is 24.3 Å². The minimum atomic E-state index is -5.90. The summed E-state index contributed by atoms with van der Waals surface area (Å²) in [6.07, 6.45) is 33.5. The SMILES string of the molecule is CCCCCCCCCCCCCCCCCC[NH+](CCCCCCCCCCCCCCCCCC)c1c(F)c(F)c(F)c(F)c1F.C[CH2][Al]([CH2]C)[O]c1ccccc1[B-](c1c(F)c(F)c(F)c(F)c1F)(c1c(F)c(F)c(F)c(F)c1F)c1c(F)c(F)c(F)c(F)c1F. The highest BCUT2D eigenvalue weighted by Gasteiger charge is 2.50. The van der Waals surface area contributed by atoms with E-state index < -0.39 is 170 Å². The highest BCUT2D eigenvalue weighted by atomic mass is 27.2. The molecule has 0 saturated heterocycles. The Bertz CT molecular complexity index is 2830. The molecule has 2 nitrogen and oxygen atoms in total. The van der Waals surface area contributed by atoms with Gasteiger partial charge in [0.05, 0.1) is 13.1 Å². The van der Waals surface area contributed by atoms with Crippen LogP contribution < -0.4 is 30.5 Å². The highest BCUT2D eigenvalue weighted by molar-refractivity contribution is 7.20. The van der Waals surface area contributed by atoms with Gasteiger partial charge in [0.2, 0.25) is 34.8 Å². The minimum Gasteiger partial charge on any atom is -0.645 e. The third kappa shape index (κ3) is 21.3. The first kappa shape index (κ1) is 81.5. The molecule has 0 fully saturated rings. The van der Waals surface area contributed by atoms with Crippen molar-refractivity contribution in [2.24, 2.45) is 0 Å². The molecule has 24 heteroatoms. The average molecular weight is 1380 g/mol. The quantitative estimate of drug-likeness (QED) is 0.0135. The molecule has 5 aromatic carbocycles. The third-order valence-corrected chi connectivity index (χ3v) is 20.3. The molecule has 0 saturated carbocycles. The van der Waals surface area contributed by atoms with Gasteiger partial charge in [0.1, 0.15) is 41.0 Å². The molecule has 1 N–H and O–H groups in total. The lowest BCUT2D eigenvalue weighted by atomic mass is 9.12. The second kappa shape index (κ2) is 42.0. The largest absolute Gasteiger partial charge is 0.645 e. The maximum Gasteiger partial charge on any atom is 0.546 e. The van der Waals surface area contributed by atoms with E-state index in [9.17, 15) is 61.5 Å². The molecule has 0 aromatic heterocycles. The molecule has 0 aliphatic rings. The average Bonchev–Trinajstić information content (AvgIpc) is 0.689. The highest BCUT2D eigenvalue weighted by Crippen LogP contribution is 2.32. The summed E-state index contributed by atoms with van der Waals surface area (Å²) in [4.78, 5) is 0.388. The molecule has 5 aromatic rings. The normalized spacial score (nSPS) is 11.8. The molecular weight excluding hydrogens is 1290 g/mol. The summed E-state index contributed by atoms with van der Waals surface area (Å²) in [6.45, 7) is 8.33. The van der Waals surface area contributed by atoms with E-state index >= 15 is 26.3 Å². The Hall–Kier alpha value is -4.94. The van der Waals surface area contributed by atoms with Crippen molar-refractivity contribution in [2.75, 3.05) is 13.1 Å². The molecule has 0 aliphatic heterocycles. The van der Waals surface area contributed by atoms with Crippen molar-refractivity contribution in [3.8, 4) is 5.75 Å². The van der Waals surface area contributed by atoms with Crippen molar-refractivity contribution in [3.63, 3.8) is 0 Å². The first-order valence-electron chi connectivity index (χ1n) is 33.8. The van der Waals surface area contributed by atoms with Gasteiger partial charge in [-0.25, -0.2) is 79.0 Å². The van der Waals surface area contributed by atoms with Crippen molar-refractivity contribution < 1.29 is 96.5 Å². The maximum atomic E-state index is 15.8. The van der Waals surface area contributed by atoms with Gasteiger partial charge in [-0.15, -0.1) is 16.4 Å². The van der Waals surface area contributed by atoms with Crippen LogP contribution in [0.25, 0.3) is 0 Å². The Morgan fingerprint density at radius 3 is 0.734 bits per heavy atom. The molecule has 5 rings (SSSR count). The molecule has 526 valence electrons. The monoisotopic (exact) mass is 1380 g/mol. The summed E-state index contributed by atoms with van der Waals surface area (Å²) in [7, 11) is 0. The number of benzene rings is 5. The van der Waals surface area contributed by atoms with E-state index in [2.05, 4.69) is 13.8 Å². The molecule has 0 aliphatic carbocycles. The summed E-state index contributed by atoms with van der Waals surface area (Å²) < 4.78 is 303. The van der Waals surface area contributed by atoms with Crippen LogP contribution >= 0.6 is 0 Å². The van der Waals surface area contributed by atoms with Crippen molar-refractivity contribution in [2.45, 2.75) is 244 Å². The lowest BCUT2D eigenvalue weighted by Crippen LogP contribution is -3.07. The number of para-hydroxylation sites is 1. The standard InChI is InChI=1S/C42H74F5N.C24H5BF15O.2C2H5.Al/c1-3-5-7-9-11-13-15-17-19-21-23-25-27-29-31-33-35-48(42-40(46)38(44)37(43)39(45)41(42)47)36-34-32-30-28-26-24-22-20-18-16-14-12-10-8-6-4-2;26-10-7(11(27)17(33)22(38)16(10)32)25(5-3-1-2-4-6(5)41,8-12(28)18(34)23(39)19(35)13(8)29)9-14(30)20(36)24(40)21(37)15(9)31;2*1-2;/h3-36H2,1-2H3;1-4,41H;2*1H2,2H3;/q;-1;;;+1. The van der Waals surface area contributed by atoms with Gasteiger partial charge in [0, 0.05) is 5.75 Å². The van der Waals surface area contributed by atoms with Crippen LogP contribution in [0.2, 0.25) is 10.6 Å². The maximum absolute atomic E-state index is 15.8. The number of hydrogen-bond acceptors (Lipinski definition) is 1. The fourth-order valence-electron chi connectivity index (χ4n) is 12.5. The fourth-order valence-corrected chi connectivity index (χ4v) is 14.0. The summed E-state index contributed by atoms with van der Waals surface area (Å²) in [5, 5.41) is 0.330. The Balaban J connectivity index is 0.000000400. The van der Waals surface area contributed by atoms with E-state index in [0.717, 1.165) is 56.7 Å². The van der Waals surface area contributed by atoms with Crippen LogP contribution in [-0.4, -0.2) is 33.7 Å². The lowest BCUT2D eigenvalue weighted by molar-refractivity contribution is -0.835. The van der Waals surface area contributed by atoms with E-state index in [-0.39, 0.29) is 10.6 Å². The van der Waals surface area contributed by atoms with Gasteiger partial charge in [-0.3, -0.25) is 4.90 Å². The molecule has 0 atom stereocenters. The Kier molecular flexibility index (Phi) is 36.4. The number of nitrogens with one attached hydrogen (secondary N) is 1. The number of halogens is 20. The van der Waals surface area contributed by atoms with Crippen molar-refractivity contribution >= 4 is 48.2 Å². The first-order valence-corrected chi connectivity index (χ1v) is 35.9. The van der Waals surface area contributed by atoms with Crippen LogP contribution in [0.5, 0.6) is 5.75 Å². The molecule has 0 heterocycles. The van der Waals surface area contributed by atoms with E-state index in [1.807, 2.05) is 0 Å². The molecule has 0 radical (unpaired) electrons. The van der Waals surface area contributed by atoms with Crippen LogP contribution in [0.3, 0.4) is 0 Å². The number of hydrogen-bond donors (Lipinski definition) is 1. The predicted octanol–water partition coefficient (Wildman–Crippen LogP) is 21.0. The van der Waals surface area contributed by atoms with E-state index in [0.29, 0.717) is 36.9 Å². The van der Waals surface area contributed by atoms with Crippen molar-refractivity contribution in [1.82, 2.24) is 0 Å². The molecule has 0 bridgehead atoms. The van der Waals surface area contributed by atoms with E-state index in [1.165, 1.54) is 168 Å². The second-order valence-electron chi connectivity index (χ2n) is 24.6. The zero-order chi connectivity index (χ0) is 69.7. The fraction of sp³-hybridized carbons (Fsp3) is 0.571. The van der Waals surface area contributed by atoms with Gasteiger partial charge in [0.25, 0.3) is 0 Å². The zero-order valence-corrected chi connectivity index (χ0v) is 55.5. The number of unbranched alkanes of at least 4 members (excludes halogenated alkanes) is 30. The predicted molar refractivity (Wildman–Crippen MR) is 332 cm³/mol. The summed E-state index contributed by atoms with van der Waals surface area (Å²) >= 11 is -2.63. The summed E-state index contributed by atoms with van der Waals surface area (Å²) in [5.74, 6) is -55.7. The molecule has 0 unspecified atom stereocenters. The van der Waals surface area contributed by atoms with Gasteiger partial charge >= 0.3 is 14.5 Å². The molecule has 0 amide bonds. The van der Waals surface area contributed by atoms with E-state index in [1.54, 1.807) is 0 Å². The summed E-state index contributed by atoms with van der Waals surface area (Å²) in [5.41, 5.74) is -10.2. The summed E-state index contributed by atoms with van der Waals surface area (Å²) in [6, 6.07) is 2.94. The van der Waals surface area contributed by atoms with Crippen molar-refractivity contribution in [1.29, 1.82) is 0 Å². The first-order chi connectivity index (χ1) is 45.0. The molecule has 94 heavy (non-hydrogen) atoms. The van der Waals surface area contributed by atoms with Gasteiger partial charge in [-0.05, 0) is 31.7 Å². The Morgan fingerprint density at radius 1 is 0.277 bits per heavy atom. The van der Waals surface area contributed by atoms with Gasteiger partial charge in [0.15, 0.2) is 52.4 Å². The second-order valence-corrected chi connectivity index (χ2v) is 27.7. The van der Waals surface area contributed by atoms with Crippen LogP contribution in [0.1, 0.15) is 233 Å². The van der Waals surface area contributed by atoms with Crippen LogP contribution in [0, 0.1) is 116 Å². The van der Waals surface area contributed by atoms with E-state index in [4.69, 9.17) is 3.79 Å². The van der Waals surface area contributed by atoms with Gasteiger partial charge in [-0.2, -0.15) is 14.2 Å². The topological polar surface area (TPSA) is 13.7 Å². The lowest BCUT2D eigenvalue weighted by Gasteiger charge is -2.45. The molecular formula is C70H89AlBF20NO. The van der Waals surface area contributed by atoms with Crippen LogP contribution in [0.4, 0.5) is 93.5 Å².